The highest BCUT2D eigenvalue weighted by Gasteiger charge is 2.13. The van der Waals surface area contributed by atoms with Gasteiger partial charge in [-0.3, -0.25) is 4.79 Å². The lowest BCUT2D eigenvalue weighted by atomic mass is 10.2. The lowest BCUT2D eigenvalue weighted by molar-refractivity contribution is -0.119. The van der Waals surface area contributed by atoms with Gasteiger partial charge in [0.1, 0.15) is 11.6 Å². The number of aryl methyl sites for hydroxylation is 1. The number of hydrogen-bond acceptors (Lipinski definition) is 3. The highest BCUT2D eigenvalue weighted by molar-refractivity contribution is 6.31. The Morgan fingerprint density at radius 2 is 1.78 bits per heavy atom. The van der Waals surface area contributed by atoms with Crippen molar-refractivity contribution in [2.24, 2.45) is 0 Å². The van der Waals surface area contributed by atoms with E-state index in [4.69, 9.17) is 16.3 Å². The van der Waals surface area contributed by atoms with E-state index in [9.17, 15) is 18.4 Å². The van der Waals surface area contributed by atoms with E-state index in [2.05, 4.69) is 5.32 Å². The highest BCUT2D eigenvalue weighted by Crippen LogP contribution is 2.19. The Balaban J connectivity index is 1.93. The summed E-state index contributed by atoms with van der Waals surface area (Å²) in [5.74, 6) is -3.41. The second kappa shape index (κ2) is 7.19. The molecule has 0 saturated carbocycles. The monoisotopic (exact) mass is 339 g/mol. The predicted octanol–water partition coefficient (Wildman–Crippen LogP) is 3.72. The fourth-order valence-corrected chi connectivity index (χ4v) is 1.93. The summed E-state index contributed by atoms with van der Waals surface area (Å²) in [6.45, 7) is 1.22. The van der Waals surface area contributed by atoms with Gasteiger partial charge in [0.25, 0.3) is 5.91 Å². The van der Waals surface area contributed by atoms with Crippen molar-refractivity contribution < 1.29 is 23.1 Å². The zero-order chi connectivity index (χ0) is 17.0. The Morgan fingerprint density at radius 1 is 1.13 bits per heavy atom. The lowest BCUT2D eigenvalue weighted by Gasteiger charge is -2.08. The number of benzene rings is 2. The first-order valence-corrected chi connectivity index (χ1v) is 6.92. The minimum Gasteiger partial charge on any atom is -0.452 e. The highest BCUT2D eigenvalue weighted by atomic mass is 35.5. The van der Waals surface area contributed by atoms with Crippen LogP contribution in [0.5, 0.6) is 0 Å². The molecule has 2 rings (SSSR count). The fourth-order valence-electron chi connectivity index (χ4n) is 1.75. The molecule has 0 aliphatic heterocycles. The summed E-state index contributed by atoms with van der Waals surface area (Å²) in [6, 6.07) is 7.19. The third kappa shape index (κ3) is 4.75. The van der Waals surface area contributed by atoms with Crippen LogP contribution in [0.25, 0.3) is 0 Å². The number of halogens is 3. The maximum absolute atomic E-state index is 13.0. The minimum atomic E-state index is -1.000. The lowest BCUT2D eigenvalue weighted by Crippen LogP contribution is -2.21. The molecule has 0 aromatic heterocycles. The normalized spacial score (nSPS) is 10.3. The van der Waals surface area contributed by atoms with Crippen LogP contribution in [0.4, 0.5) is 14.5 Å². The van der Waals surface area contributed by atoms with Crippen LogP contribution in [-0.4, -0.2) is 18.5 Å². The molecule has 0 atom stereocenters. The standard InChI is InChI=1S/C16H12ClF2NO3/c1-9-2-3-13(7-14(9)17)20-15(21)8-23-16(22)10-4-11(18)6-12(19)5-10/h2-7H,8H2,1H3,(H,20,21). The van der Waals surface area contributed by atoms with Crippen LogP contribution in [-0.2, 0) is 9.53 Å². The molecule has 0 aliphatic rings. The van der Waals surface area contributed by atoms with Crippen molar-refractivity contribution in [3.05, 3.63) is 64.2 Å². The number of esters is 1. The van der Waals surface area contributed by atoms with Crippen LogP contribution >= 0.6 is 11.6 Å². The molecule has 7 heteroatoms. The summed E-state index contributed by atoms with van der Waals surface area (Å²) in [7, 11) is 0. The van der Waals surface area contributed by atoms with Crippen LogP contribution in [0.2, 0.25) is 5.02 Å². The molecule has 1 amide bonds. The number of carbonyl (C=O) groups is 2. The van der Waals surface area contributed by atoms with Crippen LogP contribution in [0, 0.1) is 18.6 Å². The van der Waals surface area contributed by atoms with E-state index in [0.29, 0.717) is 16.8 Å². The number of anilines is 1. The molecule has 120 valence electrons. The Kier molecular flexibility index (Phi) is 5.28. The Hall–Kier alpha value is -2.47. The summed E-state index contributed by atoms with van der Waals surface area (Å²) in [5, 5.41) is 2.97. The van der Waals surface area contributed by atoms with E-state index in [-0.39, 0.29) is 5.56 Å². The second-order valence-electron chi connectivity index (χ2n) is 4.75. The van der Waals surface area contributed by atoms with Crippen LogP contribution in [0.3, 0.4) is 0 Å². The van der Waals surface area contributed by atoms with Gasteiger partial charge in [0.2, 0.25) is 0 Å². The van der Waals surface area contributed by atoms with Gasteiger partial charge in [0.05, 0.1) is 5.56 Å². The molecule has 0 bridgehead atoms. The molecule has 0 fully saturated rings. The van der Waals surface area contributed by atoms with Gasteiger partial charge in [-0.05, 0) is 36.8 Å². The average molecular weight is 340 g/mol. The quantitative estimate of drug-likeness (QED) is 0.864. The summed E-state index contributed by atoms with van der Waals surface area (Å²) in [5.41, 5.74) is 0.983. The third-order valence-corrected chi connectivity index (χ3v) is 3.30. The van der Waals surface area contributed by atoms with E-state index in [1.54, 1.807) is 18.2 Å². The molecule has 0 saturated heterocycles. The number of rotatable bonds is 4. The van der Waals surface area contributed by atoms with E-state index in [1.165, 1.54) is 0 Å². The molecular formula is C16H12ClF2NO3. The zero-order valence-electron chi connectivity index (χ0n) is 12.0. The van der Waals surface area contributed by atoms with Crippen LogP contribution < -0.4 is 5.32 Å². The van der Waals surface area contributed by atoms with Gasteiger partial charge in [-0.1, -0.05) is 17.7 Å². The van der Waals surface area contributed by atoms with Gasteiger partial charge in [-0.25, -0.2) is 13.6 Å². The van der Waals surface area contributed by atoms with Gasteiger partial charge in [-0.15, -0.1) is 0 Å². The molecule has 0 radical (unpaired) electrons. The molecule has 4 nitrogen and oxygen atoms in total. The minimum absolute atomic E-state index is 0.311. The van der Waals surface area contributed by atoms with Gasteiger partial charge >= 0.3 is 5.97 Å². The van der Waals surface area contributed by atoms with E-state index in [1.807, 2.05) is 6.92 Å². The number of hydrogen-bond donors (Lipinski definition) is 1. The first-order valence-electron chi connectivity index (χ1n) is 6.54. The number of carbonyl (C=O) groups excluding carboxylic acids is 2. The average Bonchev–Trinajstić information content (AvgIpc) is 2.47. The first kappa shape index (κ1) is 16.9. The second-order valence-corrected chi connectivity index (χ2v) is 5.15. The van der Waals surface area contributed by atoms with Gasteiger partial charge < -0.3 is 10.1 Å². The summed E-state index contributed by atoms with van der Waals surface area (Å²) >= 11 is 5.93. The molecule has 2 aromatic carbocycles. The molecule has 0 aliphatic carbocycles. The SMILES string of the molecule is Cc1ccc(NC(=O)COC(=O)c2cc(F)cc(F)c2)cc1Cl. The molecule has 1 N–H and O–H groups in total. The number of amides is 1. The van der Waals surface area contributed by atoms with Crippen LogP contribution in [0.15, 0.2) is 36.4 Å². The van der Waals surface area contributed by atoms with E-state index < -0.39 is 30.1 Å². The predicted molar refractivity (Wildman–Crippen MR) is 81.5 cm³/mol. The maximum Gasteiger partial charge on any atom is 0.338 e. The number of ether oxygens (including phenoxy) is 1. The molecule has 0 unspecified atom stereocenters. The summed E-state index contributed by atoms with van der Waals surface area (Å²) in [6.07, 6.45) is 0. The zero-order valence-corrected chi connectivity index (χ0v) is 12.8. The smallest absolute Gasteiger partial charge is 0.338 e. The molecular weight excluding hydrogens is 328 g/mol. The van der Waals surface area contributed by atoms with Gasteiger partial charge in [-0.2, -0.15) is 0 Å². The number of nitrogens with one attached hydrogen (secondary N) is 1. The van der Waals surface area contributed by atoms with Crippen molar-refractivity contribution in [3.63, 3.8) is 0 Å². The Labute approximate surface area is 136 Å². The molecule has 2 aromatic rings. The Bertz CT molecular complexity index is 745. The van der Waals surface area contributed by atoms with Crippen LogP contribution in [0.1, 0.15) is 15.9 Å². The van der Waals surface area contributed by atoms with Crippen molar-refractivity contribution >= 4 is 29.2 Å². The van der Waals surface area contributed by atoms with E-state index >= 15 is 0 Å². The van der Waals surface area contributed by atoms with Crippen molar-refractivity contribution in [1.29, 1.82) is 0 Å². The topological polar surface area (TPSA) is 55.4 Å². The maximum atomic E-state index is 13.0. The summed E-state index contributed by atoms with van der Waals surface area (Å²) < 4.78 is 30.7. The molecule has 0 spiro atoms. The molecule has 0 heterocycles. The van der Waals surface area contributed by atoms with Crippen molar-refractivity contribution in [2.45, 2.75) is 6.92 Å². The largest absolute Gasteiger partial charge is 0.452 e. The molecule has 23 heavy (non-hydrogen) atoms. The first-order chi connectivity index (χ1) is 10.8. The van der Waals surface area contributed by atoms with Crippen molar-refractivity contribution in [2.75, 3.05) is 11.9 Å². The van der Waals surface area contributed by atoms with Gasteiger partial charge in [0.15, 0.2) is 6.61 Å². The summed E-state index contributed by atoms with van der Waals surface area (Å²) in [4.78, 5) is 23.3. The van der Waals surface area contributed by atoms with Gasteiger partial charge in [0, 0.05) is 16.8 Å². The van der Waals surface area contributed by atoms with E-state index in [0.717, 1.165) is 17.7 Å². The van der Waals surface area contributed by atoms with Crippen molar-refractivity contribution in [3.8, 4) is 0 Å². The third-order valence-electron chi connectivity index (χ3n) is 2.89. The Morgan fingerprint density at radius 3 is 2.39 bits per heavy atom. The van der Waals surface area contributed by atoms with Crippen molar-refractivity contribution in [1.82, 2.24) is 0 Å². The fraction of sp³-hybridized carbons (Fsp3) is 0.125.